The van der Waals surface area contributed by atoms with Gasteiger partial charge in [0.2, 0.25) is 10.0 Å². The average molecular weight is 437 g/mol. The van der Waals surface area contributed by atoms with Crippen molar-refractivity contribution in [1.29, 1.82) is 0 Å². The lowest BCUT2D eigenvalue weighted by molar-refractivity contribution is 0.102. The molecule has 0 spiro atoms. The second-order valence-corrected chi connectivity index (χ2v) is 7.36. The van der Waals surface area contributed by atoms with E-state index < -0.39 is 10.0 Å². The molecule has 1 amide bonds. The Kier molecular flexibility index (Phi) is 4.87. The molecular weight excluding hydrogens is 427 g/mol. The molecule has 21 heavy (non-hydrogen) atoms. The molecule has 0 atom stereocenters. The zero-order valence-electron chi connectivity index (χ0n) is 10.5. The molecule has 2 aromatic rings. The van der Waals surface area contributed by atoms with Gasteiger partial charge in [0.15, 0.2) is 0 Å². The van der Waals surface area contributed by atoms with Crippen molar-refractivity contribution >= 4 is 55.8 Å². The molecule has 8 heteroatoms. The van der Waals surface area contributed by atoms with Gasteiger partial charge in [0, 0.05) is 9.13 Å². The fraction of sp³-hybridized carbons (Fsp3) is 0. The molecule has 3 N–H and O–H groups in total. The number of halogens is 2. The zero-order chi connectivity index (χ0) is 15.6. The van der Waals surface area contributed by atoms with E-state index in [0.717, 1.165) is 3.57 Å². The average Bonchev–Trinajstić information content (AvgIpc) is 2.40. The van der Waals surface area contributed by atoms with Crippen LogP contribution in [0, 0.1) is 3.57 Å². The van der Waals surface area contributed by atoms with Gasteiger partial charge < -0.3 is 5.32 Å². The van der Waals surface area contributed by atoms with Crippen LogP contribution >= 0.6 is 34.2 Å². The van der Waals surface area contributed by atoms with Crippen LogP contribution in [0.25, 0.3) is 0 Å². The largest absolute Gasteiger partial charge is 0.321 e. The normalized spacial score (nSPS) is 11.2. The van der Waals surface area contributed by atoms with Crippen molar-refractivity contribution in [3.8, 4) is 0 Å². The van der Waals surface area contributed by atoms with E-state index in [-0.39, 0.29) is 21.5 Å². The first-order valence-electron chi connectivity index (χ1n) is 5.66. The summed E-state index contributed by atoms with van der Waals surface area (Å²) in [6.07, 6.45) is 0. The number of rotatable bonds is 3. The predicted molar refractivity (Wildman–Crippen MR) is 89.9 cm³/mol. The summed E-state index contributed by atoms with van der Waals surface area (Å²) in [5.74, 6) is -0.389. The molecule has 0 saturated heterocycles. The molecule has 110 valence electrons. The van der Waals surface area contributed by atoms with Gasteiger partial charge in [-0.05, 0) is 65.1 Å². The van der Waals surface area contributed by atoms with E-state index in [2.05, 4.69) is 27.9 Å². The number of hydrogen-bond acceptors (Lipinski definition) is 3. The number of benzene rings is 2. The SMILES string of the molecule is NS(=O)(=O)c1ccc(Cl)c(NC(=O)c2ccc(I)cc2)c1. The van der Waals surface area contributed by atoms with Crippen LogP contribution in [0.15, 0.2) is 47.4 Å². The van der Waals surface area contributed by atoms with E-state index in [0.29, 0.717) is 5.56 Å². The van der Waals surface area contributed by atoms with Crippen LogP contribution < -0.4 is 10.5 Å². The molecule has 0 bridgehead atoms. The minimum atomic E-state index is -3.86. The van der Waals surface area contributed by atoms with Crippen LogP contribution in [0.2, 0.25) is 5.02 Å². The topological polar surface area (TPSA) is 89.3 Å². The van der Waals surface area contributed by atoms with Crippen LogP contribution in [0.4, 0.5) is 5.69 Å². The maximum absolute atomic E-state index is 12.1. The zero-order valence-corrected chi connectivity index (χ0v) is 14.2. The van der Waals surface area contributed by atoms with Gasteiger partial charge >= 0.3 is 0 Å². The summed E-state index contributed by atoms with van der Waals surface area (Å²) in [5, 5.41) is 7.84. The summed E-state index contributed by atoms with van der Waals surface area (Å²) in [6.45, 7) is 0. The Morgan fingerprint density at radius 1 is 1.14 bits per heavy atom. The number of amides is 1. The summed E-state index contributed by atoms with van der Waals surface area (Å²) >= 11 is 8.08. The van der Waals surface area contributed by atoms with Crippen molar-refractivity contribution < 1.29 is 13.2 Å². The molecule has 2 rings (SSSR count). The van der Waals surface area contributed by atoms with Crippen molar-refractivity contribution in [2.45, 2.75) is 4.90 Å². The Labute approximate surface area is 140 Å². The van der Waals surface area contributed by atoms with Gasteiger partial charge in [0.05, 0.1) is 15.6 Å². The van der Waals surface area contributed by atoms with Crippen LogP contribution in [-0.2, 0) is 10.0 Å². The fourth-order valence-corrected chi connectivity index (χ4v) is 2.64. The van der Waals surface area contributed by atoms with E-state index in [1.165, 1.54) is 18.2 Å². The van der Waals surface area contributed by atoms with Crippen LogP contribution in [0.5, 0.6) is 0 Å². The Balaban J connectivity index is 2.31. The maximum Gasteiger partial charge on any atom is 0.255 e. The summed E-state index contributed by atoms with van der Waals surface area (Å²) < 4.78 is 23.6. The minimum absolute atomic E-state index is 0.121. The van der Waals surface area contributed by atoms with Gasteiger partial charge in [-0.3, -0.25) is 4.79 Å². The quantitative estimate of drug-likeness (QED) is 0.725. The highest BCUT2D eigenvalue weighted by Crippen LogP contribution is 2.25. The van der Waals surface area contributed by atoms with E-state index in [1.807, 2.05) is 0 Å². The first kappa shape index (κ1) is 16.2. The summed E-state index contributed by atoms with van der Waals surface area (Å²) in [5.41, 5.74) is 0.624. The van der Waals surface area contributed by atoms with Crippen molar-refractivity contribution in [2.75, 3.05) is 5.32 Å². The van der Waals surface area contributed by atoms with Gasteiger partial charge in [-0.2, -0.15) is 0 Å². The number of sulfonamides is 1. The molecule has 0 aliphatic heterocycles. The number of nitrogens with two attached hydrogens (primary N) is 1. The third kappa shape index (κ3) is 4.16. The Morgan fingerprint density at radius 2 is 1.76 bits per heavy atom. The van der Waals surface area contributed by atoms with Gasteiger partial charge in [-0.15, -0.1) is 0 Å². The second-order valence-electron chi connectivity index (χ2n) is 4.15. The summed E-state index contributed by atoms with van der Waals surface area (Å²) in [7, 11) is -3.86. The molecule has 0 aromatic heterocycles. The van der Waals surface area contributed by atoms with Gasteiger partial charge in [-0.25, -0.2) is 13.6 Å². The number of primary sulfonamides is 1. The molecule has 5 nitrogen and oxygen atoms in total. The Hall–Kier alpha value is -1.16. The molecule has 0 fully saturated rings. The second kappa shape index (κ2) is 6.30. The molecule has 0 radical (unpaired) electrons. The number of nitrogens with one attached hydrogen (secondary N) is 1. The van der Waals surface area contributed by atoms with Crippen molar-refractivity contribution in [1.82, 2.24) is 0 Å². The van der Waals surface area contributed by atoms with Crippen molar-refractivity contribution in [3.63, 3.8) is 0 Å². The smallest absolute Gasteiger partial charge is 0.255 e. The molecule has 0 aliphatic carbocycles. The Morgan fingerprint density at radius 3 is 2.33 bits per heavy atom. The predicted octanol–water partition coefficient (Wildman–Crippen LogP) is 2.84. The van der Waals surface area contributed by atoms with E-state index >= 15 is 0 Å². The highest BCUT2D eigenvalue weighted by Gasteiger charge is 2.13. The molecule has 0 heterocycles. The molecule has 0 aliphatic rings. The third-order valence-corrected chi connectivity index (χ3v) is 4.58. The maximum atomic E-state index is 12.1. The first-order chi connectivity index (χ1) is 9.77. The van der Waals surface area contributed by atoms with Crippen molar-refractivity contribution in [3.05, 3.63) is 56.6 Å². The van der Waals surface area contributed by atoms with Crippen molar-refractivity contribution in [2.24, 2.45) is 5.14 Å². The van der Waals surface area contributed by atoms with Gasteiger partial charge in [0.1, 0.15) is 0 Å². The molecule has 2 aromatic carbocycles. The van der Waals surface area contributed by atoms with Gasteiger partial charge in [-0.1, -0.05) is 11.6 Å². The lowest BCUT2D eigenvalue weighted by Gasteiger charge is -2.09. The summed E-state index contributed by atoms with van der Waals surface area (Å²) in [6, 6.07) is 10.8. The van der Waals surface area contributed by atoms with E-state index in [1.54, 1.807) is 24.3 Å². The van der Waals surface area contributed by atoms with E-state index in [4.69, 9.17) is 16.7 Å². The van der Waals surface area contributed by atoms with Crippen LogP contribution in [-0.4, -0.2) is 14.3 Å². The highest BCUT2D eigenvalue weighted by molar-refractivity contribution is 14.1. The monoisotopic (exact) mass is 436 g/mol. The number of hydrogen-bond donors (Lipinski definition) is 2. The standard InChI is InChI=1S/C13H10ClIN2O3S/c14-11-6-5-10(21(16,19)20)7-12(11)17-13(18)8-1-3-9(15)4-2-8/h1-7H,(H,17,18)(H2,16,19,20). The lowest BCUT2D eigenvalue weighted by Crippen LogP contribution is -2.15. The molecule has 0 unspecified atom stereocenters. The number of anilines is 1. The Bertz CT molecular complexity index is 792. The highest BCUT2D eigenvalue weighted by atomic mass is 127. The number of carbonyl (C=O) groups excluding carboxylic acids is 1. The van der Waals surface area contributed by atoms with Gasteiger partial charge in [0.25, 0.3) is 5.91 Å². The van der Waals surface area contributed by atoms with Crippen LogP contribution in [0.1, 0.15) is 10.4 Å². The summed E-state index contributed by atoms with van der Waals surface area (Å²) in [4.78, 5) is 12.0. The number of carbonyl (C=O) groups is 1. The fourth-order valence-electron chi connectivity index (χ4n) is 1.57. The lowest BCUT2D eigenvalue weighted by atomic mass is 10.2. The third-order valence-electron chi connectivity index (χ3n) is 2.62. The minimum Gasteiger partial charge on any atom is -0.321 e. The van der Waals surface area contributed by atoms with Crippen LogP contribution in [0.3, 0.4) is 0 Å². The van der Waals surface area contributed by atoms with E-state index in [9.17, 15) is 13.2 Å². The molecule has 0 saturated carbocycles. The molecular formula is C13H10ClIN2O3S. The first-order valence-corrected chi connectivity index (χ1v) is 8.67.